The molecule has 0 saturated heterocycles. The third kappa shape index (κ3) is 2.26. The molecule has 0 unspecified atom stereocenters. The maximum Gasteiger partial charge on any atom is 0.411 e. The zero-order valence-corrected chi connectivity index (χ0v) is 10.4. The van der Waals surface area contributed by atoms with Gasteiger partial charge in [0.1, 0.15) is 5.00 Å². The van der Waals surface area contributed by atoms with Crippen molar-refractivity contribution in [2.45, 2.75) is 25.7 Å². The molecular formula is C11H14N2O3S. The minimum absolute atomic E-state index is 0.454. The van der Waals surface area contributed by atoms with Crippen molar-refractivity contribution in [2.75, 3.05) is 12.4 Å². The molecule has 1 aromatic rings. The molecule has 1 heterocycles. The molecular weight excluding hydrogens is 240 g/mol. The first-order valence-corrected chi connectivity index (χ1v) is 6.24. The van der Waals surface area contributed by atoms with Crippen molar-refractivity contribution in [1.29, 1.82) is 0 Å². The predicted molar refractivity (Wildman–Crippen MR) is 65.5 cm³/mol. The van der Waals surface area contributed by atoms with E-state index in [-0.39, 0.29) is 0 Å². The summed E-state index contributed by atoms with van der Waals surface area (Å²) in [6.07, 6.45) is 3.40. The highest BCUT2D eigenvalue weighted by Gasteiger charge is 2.24. The summed E-state index contributed by atoms with van der Waals surface area (Å²) in [5, 5.41) is 3.07. The van der Waals surface area contributed by atoms with E-state index in [4.69, 9.17) is 5.73 Å². The molecule has 0 radical (unpaired) electrons. The van der Waals surface area contributed by atoms with Crippen molar-refractivity contribution in [3.05, 3.63) is 16.0 Å². The third-order valence-electron chi connectivity index (χ3n) is 2.82. The molecule has 6 heteroatoms. The van der Waals surface area contributed by atoms with Gasteiger partial charge in [-0.15, -0.1) is 11.3 Å². The van der Waals surface area contributed by atoms with Gasteiger partial charge in [-0.2, -0.15) is 0 Å². The van der Waals surface area contributed by atoms with E-state index >= 15 is 0 Å². The number of methoxy groups -OCH3 is 1. The van der Waals surface area contributed by atoms with Crippen molar-refractivity contribution >= 4 is 28.3 Å². The Morgan fingerprint density at radius 1 is 1.35 bits per heavy atom. The normalized spacial score (nSPS) is 13.9. The number of amides is 2. The van der Waals surface area contributed by atoms with E-state index in [0.29, 0.717) is 10.6 Å². The fraction of sp³-hybridized carbons (Fsp3) is 0.455. The molecule has 2 rings (SSSR count). The van der Waals surface area contributed by atoms with Crippen LogP contribution in [-0.4, -0.2) is 19.1 Å². The number of rotatable bonds is 2. The van der Waals surface area contributed by atoms with Crippen molar-refractivity contribution < 1.29 is 14.3 Å². The number of thiophene rings is 1. The molecule has 0 saturated carbocycles. The van der Waals surface area contributed by atoms with Crippen LogP contribution in [0.25, 0.3) is 0 Å². The number of ether oxygens (including phenoxy) is 1. The summed E-state index contributed by atoms with van der Waals surface area (Å²) in [5.74, 6) is -0.490. The van der Waals surface area contributed by atoms with Gasteiger partial charge in [0.2, 0.25) is 0 Å². The second-order valence-corrected chi connectivity index (χ2v) is 5.00. The van der Waals surface area contributed by atoms with Crippen molar-refractivity contribution in [3.63, 3.8) is 0 Å². The van der Waals surface area contributed by atoms with Crippen LogP contribution in [-0.2, 0) is 17.6 Å². The summed E-state index contributed by atoms with van der Waals surface area (Å²) in [4.78, 5) is 23.8. The Bertz CT molecular complexity index is 468. The molecule has 0 aromatic carbocycles. The highest BCUT2D eigenvalue weighted by Crippen LogP contribution is 2.37. The quantitative estimate of drug-likeness (QED) is 0.845. The van der Waals surface area contributed by atoms with Gasteiger partial charge in [0, 0.05) is 4.88 Å². The summed E-state index contributed by atoms with van der Waals surface area (Å²) >= 11 is 1.42. The Morgan fingerprint density at radius 3 is 2.71 bits per heavy atom. The van der Waals surface area contributed by atoms with Crippen LogP contribution in [0.4, 0.5) is 9.80 Å². The van der Waals surface area contributed by atoms with E-state index in [1.807, 2.05) is 0 Å². The molecule has 0 aliphatic heterocycles. The number of anilines is 1. The summed E-state index contributed by atoms with van der Waals surface area (Å²) in [6.45, 7) is 0. The maximum atomic E-state index is 11.5. The van der Waals surface area contributed by atoms with Gasteiger partial charge in [-0.1, -0.05) is 0 Å². The highest BCUT2D eigenvalue weighted by atomic mass is 32.1. The molecule has 1 aliphatic carbocycles. The summed E-state index contributed by atoms with van der Waals surface area (Å²) in [5.41, 5.74) is 6.83. The smallest absolute Gasteiger partial charge is 0.411 e. The van der Waals surface area contributed by atoms with Gasteiger partial charge in [-0.05, 0) is 31.2 Å². The lowest BCUT2D eigenvalue weighted by molar-refractivity contribution is 0.100. The molecule has 1 aromatic heterocycles. The van der Waals surface area contributed by atoms with Crippen LogP contribution in [0.1, 0.15) is 33.6 Å². The first-order chi connectivity index (χ1) is 8.13. The Labute approximate surface area is 103 Å². The number of hydrogen-bond acceptors (Lipinski definition) is 4. The lowest BCUT2D eigenvalue weighted by atomic mass is 9.95. The number of fused-ring (bicyclic) bond motifs is 1. The van der Waals surface area contributed by atoms with Gasteiger partial charge in [0.25, 0.3) is 5.91 Å². The molecule has 17 heavy (non-hydrogen) atoms. The first kappa shape index (κ1) is 11.9. The van der Waals surface area contributed by atoms with Gasteiger partial charge in [-0.3, -0.25) is 10.1 Å². The van der Waals surface area contributed by atoms with Gasteiger partial charge in [-0.25, -0.2) is 4.79 Å². The van der Waals surface area contributed by atoms with Crippen molar-refractivity contribution in [2.24, 2.45) is 5.73 Å². The zero-order chi connectivity index (χ0) is 12.4. The van der Waals surface area contributed by atoms with Gasteiger partial charge in [0.05, 0.1) is 12.7 Å². The number of nitrogens with one attached hydrogen (secondary N) is 1. The first-order valence-electron chi connectivity index (χ1n) is 5.42. The molecule has 3 N–H and O–H groups in total. The van der Waals surface area contributed by atoms with Crippen LogP contribution in [0.3, 0.4) is 0 Å². The summed E-state index contributed by atoms with van der Waals surface area (Å²) in [6, 6.07) is 0. The molecule has 92 valence electrons. The molecule has 0 bridgehead atoms. The average molecular weight is 254 g/mol. The molecule has 1 aliphatic rings. The van der Waals surface area contributed by atoms with Crippen molar-refractivity contribution in [1.82, 2.24) is 0 Å². The van der Waals surface area contributed by atoms with Crippen LogP contribution in [0.5, 0.6) is 0 Å². The summed E-state index contributed by atoms with van der Waals surface area (Å²) in [7, 11) is 1.28. The number of carbonyl (C=O) groups excluding carboxylic acids is 2. The number of aryl methyl sites for hydroxylation is 1. The van der Waals surface area contributed by atoms with Crippen LogP contribution in [0.15, 0.2) is 0 Å². The van der Waals surface area contributed by atoms with E-state index in [9.17, 15) is 9.59 Å². The SMILES string of the molecule is COC(=O)Nc1sc2c(c1C(N)=O)CCCC2. The zero-order valence-electron chi connectivity index (χ0n) is 9.54. The Balaban J connectivity index is 2.40. The average Bonchev–Trinajstić information content (AvgIpc) is 2.66. The van der Waals surface area contributed by atoms with Crippen LogP contribution < -0.4 is 11.1 Å². The van der Waals surface area contributed by atoms with E-state index in [1.54, 1.807) is 0 Å². The second-order valence-electron chi connectivity index (χ2n) is 3.90. The third-order valence-corrected chi connectivity index (χ3v) is 4.03. The van der Waals surface area contributed by atoms with E-state index in [0.717, 1.165) is 36.1 Å². The lowest BCUT2D eigenvalue weighted by Gasteiger charge is -2.11. The second kappa shape index (κ2) is 4.75. The molecule has 0 fully saturated rings. The topological polar surface area (TPSA) is 81.4 Å². The molecule has 0 spiro atoms. The van der Waals surface area contributed by atoms with E-state index in [1.165, 1.54) is 18.4 Å². The fourth-order valence-corrected chi connectivity index (χ4v) is 3.34. The maximum absolute atomic E-state index is 11.5. The molecule has 2 amide bonds. The number of hydrogen-bond donors (Lipinski definition) is 2. The van der Waals surface area contributed by atoms with E-state index < -0.39 is 12.0 Å². The fourth-order valence-electron chi connectivity index (χ4n) is 2.06. The summed E-state index contributed by atoms with van der Waals surface area (Å²) < 4.78 is 4.53. The number of nitrogens with two attached hydrogens (primary N) is 1. The van der Waals surface area contributed by atoms with Crippen LogP contribution in [0.2, 0.25) is 0 Å². The Kier molecular flexibility index (Phi) is 3.33. The lowest BCUT2D eigenvalue weighted by Crippen LogP contribution is -2.18. The van der Waals surface area contributed by atoms with Crippen molar-refractivity contribution in [3.8, 4) is 0 Å². The van der Waals surface area contributed by atoms with E-state index in [2.05, 4.69) is 10.1 Å². The Morgan fingerprint density at radius 2 is 2.06 bits per heavy atom. The largest absolute Gasteiger partial charge is 0.453 e. The highest BCUT2D eigenvalue weighted by molar-refractivity contribution is 7.17. The number of primary amides is 1. The van der Waals surface area contributed by atoms with Gasteiger partial charge >= 0.3 is 6.09 Å². The standard InChI is InChI=1S/C11H14N2O3S/c1-16-11(15)13-10-8(9(12)14)6-4-2-3-5-7(6)17-10/h2-5H2,1H3,(H2,12,14)(H,13,15). The monoisotopic (exact) mass is 254 g/mol. The predicted octanol–water partition coefficient (Wildman–Crippen LogP) is 1.90. The molecule has 0 atom stereocenters. The number of carbonyl (C=O) groups is 2. The molecule has 5 nitrogen and oxygen atoms in total. The van der Waals surface area contributed by atoms with Crippen LogP contribution >= 0.6 is 11.3 Å². The Hall–Kier alpha value is -1.56. The van der Waals surface area contributed by atoms with Gasteiger partial charge in [0.15, 0.2) is 0 Å². The minimum atomic E-state index is -0.578. The minimum Gasteiger partial charge on any atom is -0.453 e. The van der Waals surface area contributed by atoms with Gasteiger partial charge < -0.3 is 10.5 Å². The van der Waals surface area contributed by atoms with Crippen LogP contribution in [0, 0.1) is 0 Å².